The molecule has 1 aliphatic rings. The summed E-state index contributed by atoms with van der Waals surface area (Å²) >= 11 is 0. The number of nitrogens with zero attached hydrogens (tertiary/aromatic N) is 3. The van der Waals surface area contributed by atoms with Crippen molar-refractivity contribution in [3.8, 4) is 0 Å². The van der Waals surface area contributed by atoms with Crippen molar-refractivity contribution in [1.29, 1.82) is 0 Å². The van der Waals surface area contributed by atoms with Crippen molar-refractivity contribution in [2.75, 3.05) is 26.2 Å². The van der Waals surface area contributed by atoms with E-state index in [1.165, 1.54) is 23.4 Å². The van der Waals surface area contributed by atoms with Gasteiger partial charge in [-0.25, -0.2) is 8.42 Å². The molecule has 8 nitrogen and oxygen atoms in total. The number of sulfonamides is 1. The summed E-state index contributed by atoms with van der Waals surface area (Å²) in [6.07, 6.45) is 0.535. The number of aryl methyl sites for hydroxylation is 1. The fourth-order valence-corrected chi connectivity index (χ4v) is 4.28. The maximum atomic E-state index is 12.8. The van der Waals surface area contributed by atoms with E-state index in [0.717, 1.165) is 6.07 Å². The van der Waals surface area contributed by atoms with Gasteiger partial charge in [0.2, 0.25) is 15.9 Å². The second kappa shape index (κ2) is 6.63. The van der Waals surface area contributed by atoms with Crippen LogP contribution in [0, 0.1) is 17.0 Å². The largest absolute Gasteiger partial charge is 0.342 e. The highest BCUT2D eigenvalue weighted by atomic mass is 32.2. The topological polar surface area (TPSA) is 101 Å². The Hall–Kier alpha value is -2.00. The number of nitro benzene ring substituents is 1. The Morgan fingerprint density at radius 1 is 1.22 bits per heavy atom. The van der Waals surface area contributed by atoms with Gasteiger partial charge in [-0.15, -0.1) is 0 Å². The normalized spacial score (nSPS) is 16.9. The van der Waals surface area contributed by atoms with E-state index in [0.29, 0.717) is 25.1 Å². The van der Waals surface area contributed by atoms with Crippen LogP contribution in [-0.2, 0) is 14.8 Å². The molecule has 2 rings (SSSR count). The first-order valence-corrected chi connectivity index (χ1v) is 8.68. The van der Waals surface area contributed by atoms with Crippen LogP contribution in [0.15, 0.2) is 23.1 Å². The summed E-state index contributed by atoms with van der Waals surface area (Å²) in [6, 6.07) is 3.82. The molecule has 0 bridgehead atoms. The van der Waals surface area contributed by atoms with Crippen LogP contribution in [0.3, 0.4) is 0 Å². The number of nitro groups is 1. The molecule has 0 spiro atoms. The Balaban J connectivity index is 2.33. The van der Waals surface area contributed by atoms with Crippen molar-refractivity contribution in [2.45, 2.75) is 25.2 Å². The summed E-state index contributed by atoms with van der Waals surface area (Å²) in [7, 11) is -3.83. The summed E-state index contributed by atoms with van der Waals surface area (Å²) in [5.41, 5.74) is 0.206. The monoisotopic (exact) mass is 341 g/mol. The van der Waals surface area contributed by atoms with Crippen LogP contribution in [0.2, 0.25) is 0 Å². The SMILES string of the molecule is CC(=O)N1CCCN(S(=O)(=O)c2cc([N+](=O)[O-])ccc2C)CC1. The minimum Gasteiger partial charge on any atom is -0.342 e. The van der Waals surface area contributed by atoms with E-state index in [9.17, 15) is 23.3 Å². The number of hydrogen-bond acceptors (Lipinski definition) is 5. The third kappa shape index (κ3) is 3.67. The highest BCUT2D eigenvalue weighted by molar-refractivity contribution is 7.89. The molecule has 1 saturated heterocycles. The molecule has 1 amide bonds. The van der Waals surface area contributed by atoms with Gasteiger partial charge in [0.05, 0.1) is 9.82 Å². The minimum atomic E-state index is -3.83. The lowest BCUT2D eigenvalue weighted by molar-refractivity contribution is -0.385. The number of benzene rings is 1. The molecule has 0 radical (unpaired) electrons. The Morgan fingerprint density at radius 3 is 2.52 bits per heavy atom. The summed E-state index contributed by atoms with van der Waals surface area (Å²) in [5.74, 6) is -0.0872. The van der Waals surface area contributed by atoms with Crippen LogP contribution < -0.4 is 0 Å². The van der Waals surface area contributed by atoms with Gasteiger partial charge in [0.1, 0.15) is 0 Å². The molecule has 23 heavy (non-hydrogen) atoms. The van der Waals surface area contributed by atoms with Crippen LogP contribution in [-0.4, -0.2) is 54.6 Å². The van der Waals surface area contributed by atoms with Crippen molar-refractivity contribution in [3.05, 3.63) is 33.9 Å². The van der Waals surface area contributed by atoms with Crippen LogP contribution in [0.25, 0.3) is 0 Å². The number of non-ortho nitro benzene ring substituents is 1. The van der Waals surface area contributed by atoms with Crippen molar-refractivity contribution in [3.63, 3.8) is 0 Å². The summed E-state index contributed by atoms with van der Waals surface area (Å²) in [5, 5.41) is 10.9. The molecule has 0 aliphatic carbocycles. The van der Waals surface area contributed by atoms with Gasteiger partial charge in [0.25, 0.3) is 5.69 Å². The molecule has 1 aromatic rings. The van der Waals surface area contributed by atoms with Gasteiger partial charge in [-0.3, -0.25) is 14.9 Å². The van der Waals surface area contributed by atoms with Gasteiger partial charge in [-0.05, 0) is 18.9 Å². The number of hydrogen-bond donors (Lipinski definition) is 0. The van der Waals surface area contributed by atoms with Gasteiger partial charge in [-0.2, -0.15) is 4.31 Å². The lowest BCUT2D eigenvalue weighted by Crippen LogP contribution is -2.36. The number of carbonyl (C=O) groups is 1. The summed E-state index contributed by atoms with van der Waals surface area (Å²) in [6.45, 7) is 4.36. The molecule has 0 atom stereocenters. The molecule has 1 aromatic carbocycles. The molecule has 9 heteroatoms. The zero-order chi connectivity index (χ0) is 17.2. The first kappa shape index (κ1) is 17.4. The Kier molecular flexibility index (Phi) is 5.00. The highest BCUT2D eigenvalue weighted by Gasteiger charge is 2.29. The zero-order valence-corrected chi connectivity index (χ0v) is 13.9. The molecule has 0 aromatic heterocycles. The van der Waals surface area contributed by atoms with Crippen LogP contribution >= 0.6 is 0 Å². The number of amides is 1. The van der Waals surface area contributed by atoms with Crippen molar-refractivity contribution >= 4 is 21.6 Å². The fraction of sp³-hybridized carbons (Fsp3) is 0.500. The second-order valence-electron chi connectivity index (χ2n) is 5.47. The molecule has 0 saturated carbocycles. The molecular formula is C14H19N3O5S. The van der Waals surface area contributed by atoms with E-state index in [2.05, 4.69) is 0 Å². The third-order valence-corrected chi connectivity index (χ3v) is 5.94. The number of carbonyl (C=O) groups excluding carboxylic acids is 1. The minimum absolute atomic E-state index is 0.0528. The van der Waals surface area contributed by atoms with E-state index in [-0.39, 0.29) is 29.6 Å². The van der Waals surface area contributed by atoms with Crippen molar-refractivity contribution < 1.29 is 18.1 Å². The molecule has 1 fully saturated rings. The van der Waals surface area contributed by atoms with Crippen molar-refractivity contribution in [1.82, 2.24) is 9.21 Å². The Morgan fingerprint density at radius 2 is 1.91 bits per heavy atom. The summed E-state index contributed by atoms with van der Waals surface area (Å²) in [4.78, 5) is 23.3. The molecule has 1 aliphatic heterocycles. The zero-order valence-electron chi connectivity index (χ0n) is 13.1. The number of rotatable bonds is 3. The van der Waals surface area contributed by atoms with Gasteiger partial charge in [0, 0.05) is 45.2 Å². The Labute approximate surface area is 134 Å². The molecule has 0 unspecified atom stereocenters. The molecular weight excluding hydrogens is 322 g/mol. The average Bonchev–Trinajstić information content (AvgIpc) is 2.73. The smallest absolute Gasteiger partial charge is 0.270 e. The predicted octanol–water partition coefficient (Wildman–Crippen LogP) is 1.15. The Bertz CT molecular complexity index is 732. The van der Waals surface area contributed by atoms with Gasteiger partial charge in [0.15, 0.2) is 0 Å². The molecule has 0 N–H and O–H groups in total. The lowest BCUT2D eigenvalue weighted by atomic mass is 10.2. The molecule has 1 heterocycles. The predicted molar refractivity (Wildman–Crippen MR) is 83.5 cm³/mol. The quantitative estimate of drug-likeness (QED) is 0.606. The van der Waals surface area contributed by atoms with E-state index < -0.39 is 14.9 Å². The summed E-state index contributed by atoms with van der Waals surface area (Å²) < 4.78 is 26.9. The first-order chi connectivity index (χ1) is 10.7. The van der Waals surface area contributed by atoms with Crippen LogP contribution in [0.5, 0.6) is 0 Å². The lowest BCUT2D eigenvalue weighted by Gasteiger charge is -2.21. The standard InChI is InChI=1S/C14H19N3O5S/c1-11-4-5-13(17(19)20)10-14(11)23(21,22)16-7-3-6-15(8-9-16)12(2)18/h4-5,10H,3,6-9H2,1-2H3. The van der Waals surface area contributed by atoms with E-state index in [1.54, 1.807) is 11.8 Å². The van der Waals surface area contributed by atoms with E-state index in [1.807, 2.05) is 0 Å². The van der Waals surface area contributed by atoms with Crippen LogP contribution in [0.1, 0.15) is 18.9 Å². The maximum Gasteiger partial charge on any atom is 0.270 e. The van der Waals surface area contributed by atoms with Crippen molar-refractivity contribution in [2.24, 2.45) is 0 Å². The van der Waals surface area contributed by atoms with Gasteiger partial charge >= 0.3 is 0 Å². The van der Waals surface area contributed by atoms with Crippen LogP contribution in [0.4, 0.5) is 5.69 Å². The van der Waals surface area contributed by atoms with Gasteiger partial charge < -0.3 is 4.90 Å². The highest BCUT2D eigenvalue weighted by Crippen LogP contribution is 2.25. The fourth-order valence-electron chi connectivity index (χ4n) is 2.57. The maximum absolute atomic E-state index is 12.8. The van der Waals surface area contributed by atoms with Gasteiger partial charge in [-0.1, -0.05) is 6.07 Å². The van der Waals surface area contributed by atoms with E-state index in [4.69, 9.17) is 0 Å². The third-order valence-electron chi connectivity index (χ3n) is 3.90. The average molecular weight is 341 g/mol. The van der Waals surface area contributed by atoms with E-state index >= 15 is 0 Å². The second-order valence-corrected chi connectivity index (χ2v) is 7.38. The molecule has 126 valence electrons. The first-order valence-electron chi connectivity index (χ1n) is 7.24.